The number of piperidine rings is 1. The van der Waals surface area contributed by atoms with Crippen molar-refractivity contribution < 1.29 is 9.47 Å². The van der Waals surface area contributed by atoms with Gasteiger partial charge in [-0.25, -0.2) is 0 Å². The first kappa shape index (κ1) is 12.8. The van der Waals surface area contributed by atoms with Crippen LogP contribution >= 0.6 is 0 Å². The Morgan fingerprint density at radius 2 is 2.16 bits per heavy atom. The van der Waals surface area contributed by atoms with Crippen LogP contribution in [0.25, 0.3) is 0 Å². The number of anilines is 1. The standard InChI is InChI=1S/C15H22N2O2/c16-12-4-3-8-17(10-12)14-5-1-2-6-15(14)19-13-7-9-18-11-13/h1-2,5-6,12-13H,3-4,7-11,16H2. The highest BCUT2D eigenvalue weighted by atomic mass is 16.5. The van der Waals surface area contributed by atoms with E-state index in [0.29, 0.717) is 6.61 Å². The van der Waals surface area contributed by atoms with Crippen molar-refractivity contribution >= 4 is 5.69 Å². The van der Waals surface area contributed by atoms with Gasteiger partial charge in [-0.15, -0.1) is 0 Å². The van der Waals surface area contributed by atoms with Gasteiger partial charge in [0.15, 0.2) is 0 Å². The molecule has 3 rings (SSSR count). The van der Waals surface area contributed by atoms with Gasteiger partial charge in [0.25, 0.3) is 0 Å². The summed E-state index contributed by atoms with van der Waals surface area (Å²) in [6.07, 6.45) is 3.45. The van der Waals surface area contributed by atoms with Crippen LogP contribution in [0.4, 0.5) is 5.69 Å². The van der Waals surface area contributed by atoms with Gasteiger partial charge in [-0.3, -0.25) is 0 Å². The Hall–Kier alpha value is -1.26. The molecule has 0 spiro atoms. The van der Waals surface area contributed by atoms with Crippen molar-refractivity contribution in [1.29, 1.82) is 0 Å². The molecule has 1 aromatic carbocycles. The van der Waals surface area contributed by atoms with Crippen LogP contribution in [-0.4, -0.2) is 38.4 Å². The lowest BCUT2D eigenvalue weighted by atomic mass is 10.1. The first-order valence-corrected chi connectivity index (χ1v) is 7.17. The van der Waals surface area contributed by atoms with Gasteiger partial charge in [-0.1, -0.05) is 12.1 Å². The maximum Gasteiger partial charge on any atom is 0.143 e. The van der Waals surface area contributed by atoms with Gasteiger partial charge in [0, 0.05) is 25.6 Å². The van der Waals surface area contributed by atoms with Crippen molar-refractivity contribution in [3.8, 4) is 5.75 Å². The van der Waals surface area contributed by atoms with E-state index in [2.05, 4.69) is 17.0 Å². The molecule has 2 unspecified atom stereocenters. The Kier molecular flexibility index (Phi) is 3.89. The first-order chi connectivity index (χ1) is 9.33. The first-order valence-electron chi connectivity index (χ1n) is 7.17. The summed E-state index contributed by atoms with van der Waals surface area (Å²) in [5.74, 6) is 0.965. The summed E-state index contributed by atoms with van der Waals surface area (Å²) in [5.41, 5.74) is 7.24. The van der Waals surface area contributed by atoms with E-state index >= 15 is 0 Å². The third-order valence-corrected chi connectivity index (χ3v) is 3.85. The van der Waals surface area contributed by atoms with E-state index in [1.54, 1.807) is 0 Å². The van der Waals surface area contributed by atoms with E-state index in [9.17, 15) is 0 Å². The molecule has 2 aliphatic heterocycles. The molecule has 0 radical (unpaired) electrons. The Bertz CT molecular complexity index is 418. The molecule has 4 heteroatoms. The zero-order valence-corrected chi connectivity index (χ0v) is 11.3. The van der Waals surface area contributed by atoms with Crippen molar-refractivity contribution in [3.63, 3.8) is 0 Å². The quantitative estimate of drug-likeness (QED) is 0.902. The van der Waals surface area contributed by atoms with Gasteiger partial charge in [0.05, 0.1) is 18.9 Å². The lowest BCUT2D eigenvalue weighted by molar-refractivity contribution is 0.141. The molecule has 19 heavy (non-hydrogen) atoms. The summed E-state index contributed by atoms with van der Waals surface area (Å²) in [6.45, 7) is 3.49. The zero-order chi connectivity index (χ0) is 13.1. The van der Waals surface area contributed by atoms with E-state index in [-0.39, 0.29) is 12.1 Å². The van der Waals surface area contributed by atoms with E-state index in [1.165, 1.54) is 5.69 Å². The fourth-order valence-electron chi connectivity index (χ4n) is 2.83. The molecule has 2 heterocycles. The lowest BCUT2D eigenvalue weighted by Gasteiger charge is -2.34. The number of ether oxygens (including phenoxy) is 2. The van der Waals surface area contributed by atoms with Crippen molar-refractivity contribution in [2.24, 2.45) is 5.73 Å². The SMILES string of the molecule is NC1CCCN(c2ccccc2OC2CCOC2)C1. The predicted molar refractivity (Wildman–Crippen MR) is 75.7 cm³/mol. The predicted octanol–water partition coefficient (Wildman–Crippen LogP) is 1.78. The van der Waals surface area contributed by atoms with Crippen molar-refractivity contribution in [3.05, 3.63) is 24.3 Å². The average molecular weight is 262 g/mol. The van der Waals surface area contributed by atoms with Crippen LogP contribution in [0.1, 0.15) is 19.3 Å². The summed E-state index contributed by atoms with van der Waals surface area (Å²) in [6, 6.07) is 8.54. The Labute approximate surface area is 114 Å². The molecule has 0 aromatic heterocycles. The molecule has 2 aliphatic rings. The molecular weight excluding hydrogens is 240 g/mol. The van der Waals surface area contributed by atoms with Gasteiger partial charge in [0.1, 0.15) is 11.9 Å². The van der Waals surface area contributed by atoms with Crippen LogP contribution < -0.4 is 15.4 Å². The second-order valence-electron chi connectivity index (χ2n) is 5.42. The number of benzene rings is 1. The van der Waals surface area contributed by atoms with Crippen molar-refractivity contribution in [2.75, 3.05) is 31.2 Å². The molecule has 4 nitrogen and oxygen atoms in total. The molecule has 0 saturated carbocycles. The molecule has 2 N–H and O–H groups in total. The minimum atomic E-state index is 0.194. The third-order valence-electron chi connectivity index (χ3n) is 3.85. The molecule has 0 bridgehead atoms. The highest BCUT2D eigenvalue weighted by Gasteiger charge is 2.22. The number of rotatable bonds is 3. The average Bonchev–Trinajstić information content (AvgIpc) is 2.92. The summed E-state index contributed by atoms with van der Waals surface area (Å²) in [5, 5.41) is 0. The van der Waals surface area contributed by atoms with Crippen LogP contribution in [0.5, 0.6) is 5.75 Å². The Balaban J connectivity index is 1.76. The lowest BCUT2D eigenvalue weighted by Crippen LogP contribution is -2.43. The summed E-state index contributed by atoms with van der Waals surface area (Å²) in [4.78, 5) is 2.35. The Morgan fingerprint density at radius 1 is 1.26 bits per heavy atom. The van der Waals surface area contributed by atoms with E-state index in [4.69, 9.17) is 15.2 Å². The fraction of sp³-hybridized carbons (Fsp3) is 0.600. The molecule has 2 fully saturated rings. The van der Waals surface area contributed by atoms with Crippen LogP contribution in [-0.2, 0) is 4.74 Å². The molecule has 1 aromatic rings. The number of hydrogen-bond acceptors (Lipinski definition) is 4. The fourth-order valence-corrected chi connectivity index (χ4v) is 2.83. The van der Waals surface area contributed by atoms with Crippen molar-refractivity contribution in [2.45, 2.75) is 31.4 Å². The molecule has 2 saturated heterocycles. The minimum Gasteiger partial charge on any atom is -0.486 e. The number of para-hydroxylation sites is 2. The number of nitrogens with two attached hydrogens (primary N) is 1. The zero-order valence-electron chi connectivity index (χ0n) is 11.3. The van der Waals surface area contributed by atoms with Gasteiger partial charge >= 0.3 is 0 Å². The largest absolute Gasteiger partial charge is 0.486 e. The summed E-state index contributed by atoms with van der Waals surface area (Å²) >= 11 is 0. The van der Waals surface area contributed by atoms with Gasteiger partial charge < -0.3 is 20.1 Å². The molecule has 0 aliphatic carbocycles. The third kappa shape index (κ3) is 3.01. The highest BCUT2D eigenvalue weighted by molar-refractivity contribution is 5.58. The second kappa shape index (κ2) is 5.80. The topological polar surface area (TPSA) is 47.7 Å². The monoisotopic (exact) mass is 262 g/mol. The normalized spacial score (nSPS) is 27.5. The van der Waals surface area contributed by atoms with Crippen molar-refractivity contribution in [1.82, 2.24) is 0 Å². The Morgan fingerprint density at radius 3 is 2.95 bits per heavy atom. The van der Waals surface area contributed by atoms with Crippen LogP contribution in [0.2, 0.25) is 0 Å². The molecular formula is C15H22N2O2. The smallest absolute Gasteiger partial charge is 0.143 e. The van der Waals surface area contributed by atoms with E-state index in [1.807, 2.05) is 12.1 Å². The van der Waals surface area contributed by atoms with Gasteiger partial charge in [-0.05, 0) is 25.0 Å². The van der Waals surface area contributed by atoms with Crippen LogP contribution in [0, 0.1) is 0 Å². The highest BCUT2D eigenvalue weighted by Crippen LogP contribution is 2.31. The van der Waals surface area contributed by atoms with Gasteiger partial charge in [0.2, 0.25) is 0 Å². The summed E-state index contributed by atoms with van der Waals surface area (Å²) < 4.78 is 11.5. The molecule has 104 valence electrons. The number of nitrogens with zero attached hydrogens (tertiary/aromatic N) is 1. The summed E-state index contributed by atoms with van der Waals surface area (Å²) in [7, 11) is 0. The van der Waals surface area contributed by atoms with Crippen LogP contribution in [0.15, 0.2) is 24.3 Å². The maximum absolute atomic E-state index is 6.09. The van der Waals surface area contributed by atoms with Gasteiger partial charge in [-0.2, -0.15) is 0 Å². The maximum atomic E-state index is 6.09. The molecule has 0 amide bonds. The number of hydrogen-bond donors (Lipinski definition) is 1. The minimum absolute atomic E-state index is 0.194. The van der Waals surface area contributed by atoms with E-state index < -0.39 is 0 Å². The molecule has 2 atom stereocenters. The second-order valence-corrected chi connectivity index (χ2v) is 5.42. The van der Waals surface area contributed by atoms with Crippen LogP contribution in [0.3, 0.4) is 0 Å². The van der Waals surface area contributed by atoms with E-state index in [0.717, 1.165) is 44.7 Å².